The highest BCUT2D eigenvalue weighted by molar-refractivity contribution is 5.66. The maximum absolute atomic E-state index is 10.7. The first-order valence-corrected chi connectivity index (χ1v) is 27.5. The highest BCUT2D eigenvalue weighted by Gasteiger charge is 2.15. The quantitative estimate of drug-likeness (QED) is 0.0340. The summed E-state index contributed by atoms with van der Waals surface area (Å²) < 4.78 is 19.8. The summed E-state index contributed by atoms with van der Waals surface area (Å²) in [6.45, 7) is 56.6. The van der Waals surface area contributed by atoms with E-state index in [0.717, 1.165) is 103 Å². The fraction of sp³-hybridized carbons (Fsp3) is 0.688. The van der Waals surface area contributed by atoms with Crippen molar-refractivity contribution in [3.8, 4) is 0 Å². The second kappa shape index (κ2) is 50.3. The molecule has 0 heterocycles. The van der Waals surface area contributed by atoms with Crippen molar-refractivity contribution in [1.82, 2.24) is 0 Å². The van der Waals surface area contributed by atoms with Crippen molar-refractivity contribution in [2.75, 3.05) is 26.4 Å². The summed E-state index contributed by atoms with van der Waals surface area (Å²) >= 11 is 0. The molecule has 0 spiro atoms. The van der Waals surface area contributed by atoms with Gasteiger partial charge >= 0.3 is 23.9 Å². The molecule has 8 nitrogen and oxygen atoms in total. The van der Waals surface area contributed by atoms with Crippen LogP contribution in [0.1, 0.15) is 212 Å². The Morgan fingerprint density at radius 1 is 0.306 bits per heavy atom. The second-order valence-corrected chi connectivity index (χ2v) is 20.9. The third-order valence-electron chi connectivity index (χ3n) is 13.4. The summed E-state index contributed by atoms with van der Waals surface area (Å²) in [7, 11) is 0. The number of carbonyl (C=O) groups excluding carboxylic acids is 4. The number of ether oxygens (including phenoxy) is 4. The molecule has 8 atom stereocenters. The van der Waals surface area contributed by atoms with Gasteiger partial charge in [0.2, 0.25) is 0 Å². The van der Waals surface area contributed by atoms with Gasteiger partial charge in [-0.05, 0) is 178 Å². The number of rotatable bonds is 40. The fourth-order valence-corrected chi connectivity index (χ4v) is 7.96. The standard InChI is InChI=1S/4C16H28O2/c4*1-6-7-8-16(13(2)3)10-9-14(4)11-12-18-15(5)17/h4*6,14,16H,1-2,7-12H2,3-5H3/t2*14-,16+;2*14-,16-/m1010/s1. The lowest BCUT2D eigenvalue weighted by molar-refractivity contribution is -0.142. The van der Waals surface area contributed by atoms with Crippen LogP contribution < -0.4 is 0 Å². The minimum absolute atomic E-state index is 0.187. The average molecular weight is 1010 g/mol. The van der Waals surface area contributed by atoms with E-state index in [9.17, 15) is 19.2 Å². The summed E-state index contributed by atoms with van der Waals surface area (Å²) in [5.41, 5.74) is 5.07. The van der Waals surface area contributed by atoms with Gasteiger partial charge < -0.3 is 18.9 Å². The Hall–Kier alpha value is -4.20. The molecule has 0 aromatic heterocycles. The normalized spacial score (nSPS) is 13.7. The molecular formula is C64H112O8. The summed E-state index contributed by atoms with van der Waals surface area (Å²) in [5, 5.41) is 0. The smallest absolute Gasteiger partial charge is 0.302 e. The first-order valence-electron chi connectivity index (χ1n) is 27.5. The number of hydrogen-bond acceptors (Lipinski definition) is 8. The Morgan fingerprint density at radius 2 is 0.472 bits per heavy atom. The van der Waals surface area contributed by atoms with Crippen LogP contribution in [0.2, 0.25) is 0 Å². The largest absolute Gasteiger partial charge is 0.466 e. The molecule has 416 valence electrons. The minimum atomic E-state index is -0.187. The van der Waals surface area contributed by atoms with Crippen LogP contribution in [-0.2, 0) is 38.1 Å². The molecule has 72 heavy (non-hydrogen) atoms. The molecule has 0 N–H and O–H groups in total. The molecule has 0 radical (unpaired) electrons. The second-order valence-electron chi connectivity index (χ2n) is 20.9. The number of carbonyl (C=O) groups is 4. The third-order valence-corrected chi connectivity index (χ3v) is 13.4. The number of esters is 4. The van der Waals surface area contributed by atoms with Gasteiger partial charge in [0.15, 0.2) is 0 Å². The molecule has 0 bridgehead atoms. The monoisotopic (exact) mass is 1010 g/mol. The van der Waals surface area contributed by atoms with Crippen molar-refractivity contribution in [1.29, 1.82) is 0 Å². The molecule has 0 aromatic carbocycles. The summed E-state index contributed by atoms with van der Waals surface area (Å²) in [5.74, 6) is 4.01. The third kappa shape index (κ3) is 53.6. The van der Waals surface area contributed by atoms with Crippen LogP contribution in [-0.4, -0.2) is 50.3 Å². The lowest BCUT2D eigenvalue weighted by Gasteiger charge is -2.19. The highest BCUT2D eigenvalue weighted by atomic mass is 16.5. The number of allylic oxidation sites excluding steroid dienone is 8. The van der Waals surface area contributed by atoms with Gasteiger partial charge in [0.25, 0.3) is 0 Å². The minimum Gasteiger partial charge on any atom is -0.466 e. The molecule has 0 aliphatic rings. The molecular weight excluding hydrogens is 897 g/mol. The maximum atomic E-state index is 10.7. The van der Waals surface area contributed by atoms with Crippen LogP contribution in [0, 0.1) is 47.3 Å². The molecule has 0 unspecified atom stereocenters. The molecule has 0 rings (SSSR count). The maximum Gasteiger partial charge on any atom is 0.302 e. The van der Waals surface area contributed by atoms with E-state index in [1.807, 2.05) is 24.3 Å². The van der Waals surface area contributed by atoms with Crippen molar-refractivity contribution in [3.05, 3.63) is 99.2 Å². The van der Waals surface area contributed by atoms with Crippen LogP contribution in [0.4, 0.5) is 0 Å². The van der Waals surface area contributed by atoms with Gasteiger partial charge in [0, 0.05) is 27.7 Å². The van der Waals surface area contributed by atoms with Crippen LogP contribution in [0.25, 0.3) is 0 Å². The summed E-state index contributed by atoms with van der Waals surface area (Å²) in [6, 6.07) is 0. The van der Waals surface area contributed by atoms with Crippen LogP contribution in [0.5, 0.6) is 0 Å². The Balaban J connectivity index is -0.000000428. The first kappa shape index (κ1) is 74.3. The van der Waals surface area contributed by atoms with Gasteiger partial charge in [-0.2, -0.15) is 0 Å². The van der Waals surface area contributed by atoms with Crippen molar-refractivity contribution in [2.24, 2.45) is 47.3 Å². The molecule has 0 fully saturated rings. The summed E-state index contributed by atoms with van der Waals surface area (Å²) in [6.07, 6.45) is 29.8. The predicted octanol–water partition coefficient (Wildman–Crippen LogP) is 18.1. The van der Waals surface area contributed by atoms with Crippen molar-refractivity contribution < 1.29 is 38.1 Å². The van der Waals surface area contributed by atoms with Gasteiger partial charge in [0.1, 0.15) is 0 Å². The first-order chi connectivity index (χ1) is 33.9. The van der Waals surface area contributed by atoms with Gasteiger partial charge in [-0.15, -0.1) is 26.3 Å². The lowest BCUT2D eigenvalue weighted by atomic mass is 9.88. The van der Waals surface area contributed by atoms with Crippen LogP contribution in [0.15, 0.2) is 99.2 Å². The van der Waals surface area contributed by atoms with E-state index in [4.69, 9.17) is 18.9 Å². The van der Waals surface area contributed by atoms with Crippen molar-refractivity contribution in [3.63, 3.8) is 0 Å². The SMILES string of the molecule is C=CCC[C@@H](CC[C@@H](C)CCOC(C)=O)C(=C)C.C=CCC[C@@H](CC[C@H](C)CCOC(C)=O)C(=C)C.C=CCC[C@H](CC[C@@H](C)CCOC(C)=O)C(=C)C.C=CCC[C@H](CC[C@H](C)CCOC(C)=O)C(=C)C. The van der Waals surface area contributed by atoms with Crippen molar-refractivity contribution in [2.45, 2.75) is 212 Å². The van der Waals surface area contributed by atoms with Gasteiger partial charge in [-0.1, -0.05) is 126 Å². The molecule has 0 saturated carbocycles. The lowest BCUT2D eigenvalue weighted by Crippen LogP contribution is -2.08. The Labute approximate surface area is 444 Å². The van der Waals surface area contributed by atoms with E-state index in [2.05, 4.69) is 108 Å². The fourth-order valence-electron chi connectivity index (χ4n) is 7.96. The van der Waals surface area contributed by atoms with Gasteiger partial charge in [0.05, 0.1) is 26.4 Å². The zero-order chi connectivity index (χ0) is 55.9. The highest BCUT2D eigenvalue weighted by Crippen LogP contribution is 2.28. The zero-order valence-corrected chi connectivity index (χ0v) is 48.8. The Bertz CT molecular complexity index is 1300. The topological polar surface area (TPSA) is 105 Å². The predicted molar refractivity (Wildman–Crippen MR) is 310 cm³/mol. The Morgan fingerprint density at radius 3 is 0.597 bits per heavy atom. The molecule has 0 amide bonds. The zero-order valence-electron chi connectivity index (χ0n) is 48.8. The van der Waals surface area contributed by atoms with E-state index in [1.165, 1.54) is 75.7 Å². The van der Waals surface area contributed by atoms with Gasteiger partial charge in [-0.3, -0.25) is 19.2 Å². The molecule has 8 heteroatoms. The van der Waals surface area contributed by atoms with Crippen LogP contribution >= 0.6 is 0 Å². The Kier molecular flexibility index (Phi) is 52.0. The molecule has 0 saturated heterocycles. The number of hydrogen-bond donors (Lipinski definition) is 0. The van der Waals surface area contributed by atoms with Crippen molar-refractivity contribution >= 4 is 23.9 Å². The molecule has 0 aliphatic carbocycles. The average Bonchev–Trinajstić information content (AvgIpc) is 3.28. The van der Waals surface area contributed by atoms with E-state index < -0.39 is 0 Å². The van der Waals surface area contributed by atoms with E-state index in [-0.39, 0.29) is 23.9 Å². The van der Waals surface area contributed by atoms with Gasteiger partial charge in [-0.25, -0.2) is 0 Å². The van der Waals surface area contributed by atoms with E-state index in [0.29, 0.717) is 73.8 Å². The van der Waals surface area contributed by atoms with Crippen LogP contribution in [0.3, 0.4) is 0 Å². The molecule has 0 aromatic rings. The summed E-state index contributed by atoms with van der Waals surface area (Å²) in [4.78, 5) is 42.6. The molecule has 0 aliphatic heterocycles. The van der Waals surface area contributed by atoms with E-state index >= 15 is 0 Å². The van der Waals surface area contributed by atoms with E-state index in [1.54, 1.807) is 0 Å².